The van der Waals surface area contributed by atoms with Crippen molar-refractivity contribution in [1.82, 2.24) is 15.1 Å². The van der Waals surface area contributed by atoms with E-state index >= 15 is 0 Å². The van der Waals surface area contributed by atoms with Crippen LogP contribution in [0.5, 0.6) is 11.5 Å². The van der Waals surface area contributed by atoms with Gasteiger partial charge >= 0.3 is 0 Å². The topological polar surface area (TPSA) is 99.4 Å². The van der Waals surface area contributed by atoms with E-state index in [9.17, 15) is 10.2 Å². The zero-order valence-corrected chi connectivity index (χ0v) is 14.5. The number of nitriles is 1. The van der Waals surface area contributed by atoms with Crippen LogP contribution in [0.15, 0.2) is 18.3 Å². The van der Waals surface area contributed by atoms with Gasteiger partial charge in [-0.3, -0.25) is 10.00 Å². The second-order valence-electron chi connectivity index (χ2n) is 6.03. The van der Waals surface area contributed by atoms with E-state index in [0.717, 1.165) is 44.8 Å². The molecule has 1 fully saturated rings. The third kappa shape index (κ3) is 3.81. The first-order valence-corrected chi connectivity index (χ1v) is 8.58. The van der Waals surface area contributed by atoms with Crippen LogP contribution in [0.2, 0.25) is 5.02 Å². The Labute approximate surface area is 151 Å². The second kappa shape index (κ2) is 7.64. The van der Waals surface area contributed by atoms with Crippen LogP contribution in [0.25, 0.3) is 11.3 Å². The van der Waals surface area contributed by atoms with Gasteiger partial charge in [-0.05, 0) is 19.0 Å². The van der Waals surface area contributed by atoms with Gasteiger partial charge in [-0.15, -0.1) is 0 Å². The molecule has 0 saturated carbocycles. The van der Waals surface area contributed by atoms with E-state index in [1.807, 2.05) is 0 Å². The molecule has 0 atom stereocenters. The van der Waals surface area contributed by atoms with Crippen molar-refractivity contribution < 1.29 is 10.2 Å². The molecule has 8 heteroatoms. The lowest BCUT2D eigenvalue weighted by molar-refractivity contribution is 0.256. The van der Waals surface area contributed by atoms with Crippen LogP contribution in [0.3, 0.4) is 0 Å². The number of phenolic OH excluding ortho intramolecular Hbond substituents is 2. The predicted octanol–water partition coefficient (Wildman–Crippen LogP) is 2.57. The van der Waals surface area contributed by atoms with Gasteiger partial charge in [0, 0.05) is 50.4 Å². The van der Waals surface area contributed by atoms with Gasteiger partial charge in [0.2, 0.25) is 0 Å². The molecule has 0 amide bonds. The normalized spacial score (nSPS) is 15.3. The number of H-pyrrole nitrogens is 1. The number of nitrogens with one attached hydrogen (secondary N) is 1. The number of hydrogen-bond acceptors (Lipinski definition) is 6. The maximum Gasteiger partial charge on any atom is 0.137 e. The van der Waals surface area contributed by atoms with Crippen molar-refractivity contribution in [3.63, 3.8) is 0 Å². The number of rotatable bonds is 5. The summed E-state index contributed by atoms with van der Waals surface area (Å²) in [5.41, 5.74) is 1.99. The molecule has 25 heavy (non-hydrogen) atoms. The molecule has 3 rings (SSSR count). The van der Waals surface area contributed by atoms with E-state index in [4.69, 9.17) is 16.9 Å². The second-order valence-corrected chi connectivity index (χ2v) is 6.44. The fourth-order valence-corrected chi connectivity index (χ4v) is 3.22. The number of aromatic amines is 1. The van der Waals surface area contributed by atoms with Gasteiger partial charge in [0.25, 0.3) is 0 Å². The summed E-state index contributed by atoms with van der Waals surface area (Å²) >= 11 is 5.98. The molecular weight excluding hydrogens is 342 g/mol. The average Bonchev–Trinajstić information content (AvgIpc) is 3.08. The van der Waals surface area contributed by atoms with Crippen molar-refractivity contribution in [2.75, 3.05) is 37.6 Å². The predicted molar refractivity (Wildman–Crippen MR) is 95.9 cm³/mol. The molecule has 132 valence electrons. The minimum Gasteiger partial charge on any atom is -0.507 e. The van der Waals surface area contributed by atoms with Crippen LogP contribution in [-0.4, -0.2) is 58.0 Å². The molecule has 0 bridgehead atoms. The quantitative estimate of drug-likeness (QED) is 0.708. The van der Waals surface area contributed by atoms with Crippen molar-refractivity contribution in [2.45, 2.75) is 12.8 Å². The van der Waals surface area contributed by atoms with Crippen LogP contribution in [0.4, 0.5) is 5.69 Å². The van der Waals surface area contributed by atoms with Crippen LogP contribution in [0, 0.1) is 11.3 Å². The third-order valence-corrected chi connectivity index (χ3v) is 4.72. The molecule has 1 saturated heterocycles. The van der Waals surface area contributed by atoms with E-state index in [0.29, 0.717) is 17.7 Å². The zero-order chi connectivity index (χ0) is 17.8. The zero-order valence-electron chi connectivity index (χ0n) is 13.7. The molecule has 0 radical (unpaired) electrons. The molecular formula is C17H20ClN5O2. The molecule has 2 heterocycles. The number of piperazine rings is 1. The lowest BCUT2D eigenvalue weighted by atomic mass is 10.1. The summed E-state index contributed by atoms with van der Waals surface area (Å²) in [5.74, 6) is -0.226. The van der Waals surface area contributed by atoms with Crippen molar-refractivity contribution in [2.24, 2.45) is 0 Å². The van der Waals surface area contributed by atoms with Crippen molar-refractivity contribution in [3.05, 3.63) is 23.4 Å². The van der Waals surface area contributed by atoms with Crippen LogP contribution >= 0.6 is 11.6 Å². The first-order chi connectivity index (χ1) is 12.1. The summed E-state index contributed by atoms with van der Waals surface area (Å²) in [5, 5.41) is 35.7. The lowest BCUT2D eigenvalue weighted by Gasteiger charge is -2.35. The minimum atomic E-state index is -0.161. The molecule has 1 aromatic heterocycles. The summed E-state index contributed by atoms with van der Waals surface area (Å²) in [7, 11) is 0. The number of benzene rings is 1. The molecule has 0 unspecified atom stereocenters. The maximum absolute atomic E-state index is 10.1. The summed E-state index contributed by atoms with van der Waals surface area (Å²) in [6.07, 6.45) is 3.29. The SMILES string of the molecule is N#CCCCN1CCN(c2c[nH]nc2-c2cc(Cl)c(O)cc2O)CC1. The van der Waals surface area contributed by atoms with Gasteiger partial charge in [0.15, 0.2) is 0 Å². The molecule has 1 aromatic carbocycles. The van der Waals surface area contributed by atoms with E-state index < -0.39 is 0 Å². The Morgan fingerprint density at radius 2 is 1.96 bits per heavy atom. The van der Waals surface area contributed by atoms with Crippen LogP contribution in [-0.2, 0) is 0 Å². The number of hydrogen-bond donors (Lipinski definition) is 3. The summed E-state index contributed by atoms with van der Waals surface area (Å²) in [4.78, 5) is 4.56. The smallest absolute Gasteiger partial charge is 0.137 e. The Hall–Kier alpha value is -2.43. The Bertz CT molecular complexity index is 778. The number of nitrogens with zero attached hydrogens (tertiary/aromatic N) is 4. The first kappa shape index (κ1) is 17.4. The molecule has 0 spiro atoms. The molecule has 1 aliphatic heterocycles. The van der Waals surface area contributed by atoms with Crippen molar-refractivity contribution in [3.8, 4) is 28.8 Å². The number of aromatic hydroxyl groups is 2. The maximum atomic E-state index is 10.1. The van der Waals surface area contributed by atoms with Gasteiger partial charge < -0.3 is 15.1 Å². The highest BCUT2D eigenvalue weighted by Gasteiger charge is 2.23. The average molecular weight is 362 g/mol. The van der Waals surface area contributed by atoms with Gasteiger partial charge in [-0.25, -0.2) is 0 Å². The van der Waals surface area contributed by atoms with Crippen LogP contribution < -0.4 is 4.90 Å². The summed E-state index contributed by atoms with van der Waals surface area (Å²) < 4.78 is 0. The Morgan fingerprint density at radius 3 is 2.68 bits per heavy atom. The number of unbranched alkanes of at least 4 members (excludes halogenated alkanes) is 1. The summed E-state index contributed by atoms with van der Waals surface area (Å²) in [6, 6.07) is 4.92. The van der Waals surface area contributed by atoms with Crippen molar-refractivity contribution in [1.29, 1.82) is 5.26 Å². The third-order valence-electron chi connectivity index (χ3n) is 4.42. The fourth-order valence-electron chi connectivity index (χ4n) is 3.06. The van der Waals surface area contributed by atoms with Gasteiger partial charge in [-0.2, -0.15) is 10.4 Å². The molecule has 2 aromatic rings. The minimum absolute atomic E-state index is 0.0645. The van der Waals surface area contributed by atoms with E-state index in [1.165, 1.54) is 12.1 Å². The molecule has 1 aliphatic rings. The standard InChI is InChI=1S/C17H20ClN5O2/c18-13-9-12(15(24)10-16(13)25)17-14(11-20-21-17)23-7-5-22(6-8-23)4-2-1-3-19/h9-11,24-25H,1-2,4-8H2,(H,20,21). The lowest BCUT2D eigenvalue weighted by Crippen LogP contribution is -2.46. The highest BCUT2D eigenvalue weighted by molar-refractivity contribution is 6.32. The van der Waals surface area contributed by atoms with E-state index in [-0.39, 0.29) is 16.5 Å². The highest BCUT2D eigenvalue weighted by Crippen LogP contribution is 2.40. The Morgan fingerprint density at radius 1 is 1.20 bits per heavy atom. The molecule has 7 nitrogen and oxygen atoms in total. The number of phenols is 2. The number of aromatic nitrogens is 2. The van der Waals surface area contributed by atoms with E-state index in [1.54, 1.807) is 6.20 Å². The number of anilines is 1. The molecule has 0 aliphatic carbocycles. The number of halogens is 1. The van der Waals surface area contributed by atoms with Gasteiger partial charge in [0.05, 0.1) is 16.8 Å². The Balaban J connectivity index is 1.73. The molecule has 3 N–H and O–H groups in total. The largest absolute Gasteiger partial charge is 0.507 e. The van der Waals surface area contributed by atoms with Crippen molar-refractivity contribution >= 4 is 17.3 Å². The fraction of sp³-hybridized carbons (Fsp3) is 0.412. The van der Waals surface area contributed by atoms with Crippen LogP contribution in [0.1, 0.15) is 12.8 Å². The highest BCUT2D eigenvalue weighted by atomic mass is 35.5. The monoisotopic (exact) mass is 361 g/mol. The van der Waals surface area contributed by atoms with Gasteiger partial charge in [-0.1, -0.05) is 11.6 Å². The first-order valence-electron chi connectivity index (χ1n) is 8.20. The van der Waals surface area contributed by atoms with Gasteiger partial charge in [0.1, 0.15) is 17.2 Å². The van der Waals surface area contributed by atoms with E-state index in [2.05, 4.69) is 26.1 Å². The Kier molecular flexibility index (Phi) is 5.31. The summed E-state index contributed by atoms with van der Waals surface area (Å²) in [6.45, 7) is 4.45.